The summed E-state index contributed by atoms with van der Waals surface area (Å²) in [5.74, 6) is -0.535. The Morgan fingerprint density at radius 2 is 1.77 bits per heavy atom. The van der Waals surface area contributed by atoms with Crippen LogP contribution in [-0.4, -0.2) is 25.6 Å². The summed E-state index contributed by atoms with van der Waals surface area (Å²) < 4.78 is 66.0. The third-order valence-electron chi connectivity index (χ3n) is 5.06. The summed E-state index contributed by atoms with van der Waals surface area (Å²) in [6.07, 6.45) is -3.65. The zero-order valence-corrected chi connectivity index (χ0v) is 18.9. The average Bonchev–Trinajstić information content (AvgIpc) is 3.21. The van der Waals surface area contributed by atoms with E-state index in [1.165, 1.54) is 42.5 Å². The molecule has 7 nitrogen and oxygen atoms in total. The van der Waals surface area contributed by atoms with Crippen molar-refractivity contribution in [3.05, 3.63) is 83.6 Å². The summed E-state index contributed by atoms with van der Waals surface area (Å²) in [6, 6.07) is 17.3. The zero-order valence-electron chi connectivity index (χ0n) is 18.1. The van der Waals surface area contributed by atoms with Gasteiger partial charge in [-0.3, -0.25) is 9.52 Å². The molecule has 0 spiro atoms. The molecule has 3 N–H and O–H groups in total. The normalized spacial score (nSPS) is 11.7. The number of aromatic amines is 1. The number of carbonyl (C=O) groups is 1. The van der Waals surface area contributed by atoms with Gasteiger partial charge in [0, 0.05) is 16.6 Å². The van der Waals surface area contributed by atoms with E-state index in [0.717, 1.165) is 12.3 Å². The Hall–Kier alpha value is -4.30. The minimum atomic E-state index is -4.67. The van der Waals surface area contributed by atoms with Crippen molar-refractivity contribution < 1.29 is 26.4 Å². The molecule has 1 aromatic heterocycles. The minimum absolute atomic E-state index is 0.112. The van der Waals surface area contributed by atoms with Crippen molar-refractivity contribution in [3.8, 4) is 17.2 Å². The van der Waals surface area contributed by atoms with Crippen molar-refractivity contribution >= 4 is 38.2 Å². The molecule has 0 saturated carbocycles. The fourth-order valence-corrected chi connectivity index (χ4v) is 4.15. The van der Waals surface area contributed by atoms with E-state index in [2.05, 4.69) is 15.0 Å². The van der Waals surface area contributed by atoms with Gasteiger partial charge in [-0.2, -0.15) is 18.4 Å². The number of nitriles is 1. The summed E-state index contributed by atoms with van der Waals surface area (Å²) >= 11 is 0. The second-order valence-electron chi connectivity index (χ2n) is 7.76. The van der Waals surface area contributed by atoms with Gasteiger partial charge in [-0.25, -0.2) is 8.42 Å². The summed E-state index contributed by atoms with van der Waals surface area (Å²) in [5.41, 5.74) is 0.318. The zero-order chi connectivity index (χ0) is 25.4. The second kappa shape index (κ2) is 8.81. The standard InChI is InChI=1S/C24H17F3N4O3S/c1-35(33,34)31-18-7-6-16-11-22(30-21(16)12-18)23(32)29-17-4-2-3-15(10-17)19-8-5-14(13-28)9-20(19)24(25,26)27/h2-12,30-31H,1H3,(H,29,32). The van der Waals surface area contributed by atoms with E-state index in [4.69, 9.17) is 5.26 Å². The molecule has 0 unspecified atom stereocenters. The molecular formula is C24H17F3N4O3S. The van der Waals surface area contributed by atoms with Gasteiger partial charge in [-0.05, 0) is 53.6 Å². The Morgan fingerprint density at radius 3 is 2.46 bits per heavy atom. The third-order valence-corrected chi connectivity index (χ3v) is 5.66. The number of alkyl halides is 3. The van der Waals surface area contributed by atoms with Crippen LogP contribution in [0.5, 0.6) is 0 Å². The molecule has 0 bridgehead atoms. The minimum Gasteiger partial charge on any atom is -0.350 e. The summed E-state index contributed by atoms with van der Waals surface area (Å²) in [5, 5.41) is 12.3. The molecule has 4 rings (SSSR count). The largest absolute Gasteiger partial charge is 0.417 e. The number of nitrogens with one attached hydrogen (secondary N) is 3. The molecule has 0 atom stereocenters. The average molecular weight is 498 g/mol. The van der Waals surface area contributed by atoms with Crippen LogP contribution < -0.4 is 10.0 Å². The smallest absolute Gasteiger partial charge is 0.350 e. The molecule has 3 aromatic carbocycles. The fourth-order valence-electron chi connectivity index (χ4n) is 3.59. The van der Waals surface area contributed by atoms with Crippen molar-refractivity contribution in [2.24, 2.45) is 0 Å². The van der Waals surface area contributed by atoms with Crippen LogP contribution in [0.15, 0.2) is 66.7 Å². The van der Waals surface area contributed by atoms with Crippen LogP contribution in [0, 0.1) is 11.3 Å². The number of carbonyl (C=O) groups excluding carboxylic acids is 1. The van der Waals surface area contributed by atoms with Crippen molar-refractivity contribution in [2.45, 2.75) is 6.18 Å². The lowest BCUT2D eigenvalue weighted by molar-refractivity contribution is -0.137. The molecule has 0 radical (unpaired) electrons. The van der Waals surface area contributed by atoms with Crippen molar-refractivity contribution in [1.82, 2.24) is 4.98 Å². The maximum absolute atomic E-state index is 13.6. The molecule has 0 aliphatic rings. The first-order valence-corrected chi connectivity index (χ1v) is 12.0. The number of rotatable bonds is 5. The molecular weight excluding hydrogens is 481 g/mol. The lowest BCUT2D eigenvalue weighted by Gasteiger charge is -2.14. The van der Waals surface area contributed by atoms with Gasteiger partial charge < -0.3 is 10.3 Å². The molecule has 1 amide bonds. The molecule has 0 saturated heterocycles. The predicted octanol–water partition coefficient (Wildman–Crippen LogP) is 5.35. The van der Waals surface area contributed by atoms with Crippen LogP contribution in [0.3, 0.4) is 0 Å². The first kappa shape index (κ1) is 23.8. The summed E-state index contributed by atoms with van der Waals surface area (Å²) in [4.78, 5) is 15.7. The van der Waals surface area contributed by atoms with Gasteiger partial charge in [-0.15, -0.1) is 0 Å². The Morgan fingerprint density at radius 1 is 1.00 bits per heavy atom. The van der Waals surface area contributed by atoms with Gasteiger partial charge in [0.15, 0.2) is 0 Å². The van der Waals surface area contributed by atoms with Gasteiger partial charge in [0.2, 0.25) is 10.0 Å². The number of fused-ring (bicyclic) bond motifs is 1. The van der Waals surface area contributed by atoms with Crippen LogP contribution >= 0.6 is 0 Å². The maximum atomic E-state index is 13.6. The van der Waals surface area contributed by atoms with Crippen LogP contribution in [-0.2, 0) is 16.2 Å². The first-order valence-electron chi connectivity index (χ1n) is 10.1. The number of hydrogen-bond donors (Lipinski definition) is 3. The molecule has 1 heterocycles. The van der Waals surface area contributed by atoms with E-state index >= 15 is 0 Å². The molecule has 0 aliphatic heterocycles. The number of benzene rings is 3. The van der Waals surface area contributed by atoms with E-state index in [0.29, 0.717) is 16.6 Å². The SMILES string of the molecule is CS(=O)(=O)Nc1ccc2cc(C(=O)Nc3cccc(-c4ccc(C#N)cc4C(F)(F)F)c3)[nH]c2c1. The molecule has 11 heteroatoms. The number of amides is 1. The third kappa shape index (κ3) is 5.44. The van der Waals surface area contributed by atoms with Crippen LogP contribution in [0.4, 0.5) is 24.5 Å². The quantitative estimate of drug-likeness (QED) is 0.344. The number of nitrogens with zero attached hydrogens (tertiary/aromatic N) is 1. The lowest BCUT2D eigenvalue weighted by atomic mass is 9.97. The van der Waals surface area contributed by atoms with Gasteiger partial charge in [0.05, 0.1) is 29.1 Å². The highest BCUT2D eigenvalue weighted by molar-refractivity contribution is 7.92. The Labute approximate surface area is 198 Å². The van der Waals surface area contributed by atoms with Gasteiger partial charge in [0.25, 0.3) is 5.91 Å². The molecule has 178 valence electrons. The number of H-pyrrole nitrogens is 1. The molecule has 0 aliphatic carbocycles. The van der Waals surface area contributed by atoms with Crippen LogP contribution in [0.1, 0.15) is 21.6 Å². The van der Waals surface area contributed by atoms with E-state index in [-0.39, 0.29) is 28.1 Å². The van der Waals surface area contributed by atoms with Gasteiger partial charge in [-0.1, -0.05) is 24.3 Å². The number of hydrogen-bond acceptors (Lipinski definition) is 4. The topological polar surface area (TPSA) is 115 Å². The summed E-state index contributed by atoms with van der Waals surface area (Å²) in [6.45, 7) is 0. The Balaban J connectivity index is 1.62. The van der Waals surface area contributed by atoms with Gasteiger partial charge in [0.1, 0.15) is 5.69 Å². The number of sulfonamides is 1. The molecule has 35 heavy (non-hydrogen) atoms. The van der Waals surface area contributed by atoms with E-state index in [1.54, 1.807) is 24.3 Å². The first-order chi connectivity index (χ1) is 16.4. The number of halogens is 3. The highest BCUT2D eigenvalue weighted by Gasteiger charge is 2.34. The van der Waals surface area contributed by atoms with E-state index in [1.807, 2.05) is 0 Å². The monoisotopic (exact) mass is 498 g/mol. The van der Waals surface area contributed by atoms with Gasteiger partial charge >= 0.3 is 6.18 Å². The van der Waals surface area contributed by atoms with Crippen molar-refractivity contribution in [2.75, 3.05) is 16.3 Å². The Bertz CT molecular complexity index is 1600. The van der Waals surface area contributed by atoms with Crippen molar-refractivity contribution in [1.29, 1.82) is 5.26 Å². The molecule has 4 aromatic rings. The predicted molar refractivity (Wildman–Crippen MR) is 126 cm³/mol. The van der Waals surface area contributed by atoms with E-state index in [9.17, 15) is 26.4 Å². The van der Waals surface area contributed by atoms with Crippen LogP contribution in [0.25, 0.3) is 22.0 Å². The second-order valence-corrected chi connectivity index (χ2v) is 9.51. The van der Waals surface area contributed by atoms with Crippen LogP contribution in [0.2, 0.25) is 0 Å². The maximum Gasteiger partial charge on any atom is 0.417 e. The highest BCUT2D eigenvalue weighted by atomic mass is 32.2. The fraction of sp³-hybridized carbons (Fsp3) is 0.0833. The van der Waals surface area contributed by atoms with E-state index < -0.39 is 27.7 Å². The summed E-state index contributed by atoms with van der Waals surface area (Å²) in [7, 11) is -3.47. The molecule has 0 fully saturated rings. The number of anilines is 2. The number of aromatic nitrogens is 1. The highest BCUT2D eigenvalue weighted by Crippen LogP contribution is 2.38. The van der Waals surface area contributed by atoms with Crippen molar-refractivity contribution in [3.63, 3.8) is 0 Å². The lowest BCUT2D eigenvalue weighted by Crippen LogP contribution is -2.12. The Kier molecular flexibility index (Phi) is 6.00.